The molecule has 2 atom stereocenters. The van der Waals surface area contributed by atoms with E-state index in [0.29, 0.717) is 10.5 Å². The summed E-state index contributed by atoms with van der Waals surface area (Å²) in [6.45, 7) is 4.28. The van der Waals surface area contributed by atoms with E-state index < -0.39 is 10.0 Å². The quantitative estimate of drug-likeness (QED) is 0.868. The zero-order chi connectivity index (χ0) is 15.5. The molecule has 0 aromatic heterocycles. The van der Waals surface area contributed by atoms with Gasteiger partial charge in [-0.3, -0.25) is 0 Å². The summed E-state index contributed by atoms with van der Waals surface area (Å²) in [5, 5.41) is 0. The normalized spacial score (nSPS) is 22.8. The zero-order valence-corrected chi connectivity index (χ0v) is 13.4. The Balaban J connectivity index is 2.39. The molecular weight excluding hydrogens is 284 g/mol. The molecule has 0 aliphatic carbocycles. The van der Waals surface area contributed by atoms with E-state index in [-0.39, 0.29) is 18.6 Å². The smallest absolute Gasteiger partial charge is 0.243 e. The third-order valence-electron chi connectivity index (χ3n) is 3.93. The maximum atomic E-state index is 12.9. The molecule has 5 heteroatoms. The van der Waals surface area contributed by atoms with Crippen LogP contribution in [0.3, 0.4) is 0 Å². The van der Waals surface area contributed by atoms with Crippen LogP contribution in [0.5, 0.6) is 0 Å². The van der Waals surface area contributed by atoms with Crippen molar-refractivity contribution in [1.29, 1.82) is 0 Å². The number of nitrogens with two attached hydrogens (primary N) is 1. The lowest BCUT2D eigenvalue weighted by molar-refractivity contribution is 0.328. The summed E-state index contributed by atoms with van der Waals surface area (Å²) in [5.41, 5.74) is 6.04. The van der Waals surface area contributed by atoms with Crippen LogP contribution in [-0.4, -0.2) is 31.4 Å². The van der Waals surface area contributed by atoms with Crippen molar-refractivity contribution < 1.29 is 8.42 Å². The highest BCUT2D eigenvalue weighted by molar-refractivity contribution is 7.89. The minimum atomic E-state index is -3.46. The van der Waals surface area contributed by atoms with Crippen molar-refractivity contribution in [3.8, 4) is 11.8 Å². The van der Waals surface area contributed by atoms with Gasteiger partial charge in [0.1, 0.15) is 0 Å². The van der Waals surface area contributed by atoms with Crippen molar-refractivity contribution >= 4 is 10.0 Å². The Bertz CT molecular complexity index is 658. The van der Waals surface area contributed by atoms with Gasteiger partial charge in [0.2, 0.25) is 10.0 Å². The first-order chi connectivity index (χ1) is 10.0. The fourth-order valence-corrected chi connectivity index (χ4v) is 4.87. The van der Waals surface area contributed by atoms with Crippen molar-refractivity contribution in [2.24, 2.45) is 5.73 Å². The second kappa shape index (κ2) is 6.61. The van der Waals surface area contributed by atoms with Crippen molar-refractivity contribution in [2.75, 3.05) is 6.54 Å². The molecule has 1 fully saturated rings. The van der Waals surface area contributed by atoms with Crippen LogP contribution in [0.1, 0.15) is 38.7 Å². The van der Waals surface area contributed by atoms with Gasteiger partial charge >= 0.3 is 0 Å². The molecule has 21 heavy (non-hydrogen) atoms. The summed E-state index contributed by atoms with van der Waals surface area (Å²) in [6.07, 6.45) is 2.70. The molecule has 4 nitrogen and oxygen atoms in total. The standard InChI is InChI=1S/C16H22N2O2S/c1-3-15-10-9-13(2)18(15)21(19,20)16-8-4-6-14(12-16)7-5-11-17/h4,6,8,12-13,15H,3,9-11,17H2,1-2H3. The highest BCUT2D eigenvalue weighted by Crippen LogP contribution is 2.32. The van der Waals surface area contributed by atoms with Crippen LogP contribution in [0, 0.1) is 11.8 Å². The molecule has 0 saturated carbocycles. The monoisotopic (exact) mass is 306 g/mol. The molecule has 2 N–H and O–H groups in total. The Morgan fingerprint density at radius 2 is 2.14 bits per heavy atom. The van der Waals surface area contributed by atoms with Crippen LogP contribution in [0.4, 0.5) is 0 Å². The molecule has 1 saturated heterocycles. The van der Waals surface area contributed by atoms with E-state index in [1.807, 2.05) is 13.8 Å². The Hall–Kier alpha value is -1.35. The van der Waals surface area contributed by atoms with Crippen LogP contribution in [-0.2, 0) is 10.0 Å². The lowest BCUT2D eigenvalue weighted by Crippen LogP contribution is -2.39. The van der Waals surface area contributed by atoms with Crippen LogP contribution in [0.15, 0.2) is 29.2 Å². The minimum Gasteiger partial charge on any atom is -0.320 e. The zero-order valence-electron chi connectivity index (χ0n) is 12.5. The molecule has 0 bridgehead atoms. The maximum Gasteiger partial charge on any atom is 0.243 e. The van der Waals surface area contributed by atoms with Crippen molar-refractivity contribution in [1.82, 2.24) is 4.31 Å². The highest BCUT2D eigenvalue weighted by Gasteiger charge is 2.39. The van der Waals surface area contributed by atoms with Gasteiger partial charge < -0.3 is 5.73 Å². The van der Waals surface area contributed by atoms with Gasteiger partial charge in [0.05, 0.1) is 11.4 Å². The molecule has 1 aromatic carbocycles. The molecule has 2 unspecified atom stereocenters. The number of sulfonamides is 1. The Labute approximate surface area is 127 Å². The second-order valence-electron chi connectivity index (χ2n) is 5.36. The SMILES string of the molecule is CCC1CCC(C)N1S(=O)(=O)c1cccc(C#CCN)c1. The predicted molar refractivity (Wildman–Crippen MR) is 84.2 cm³/mol. The Morgan fingerprint density at radius 3 is 2.81 bits per heavy atom. The molecule has 0 radical (unpaired) electrons. The molecule has 1 aliphatic heterocycles. The average molecular weight is 306 g/mol. The first-order valence-corrected chi connectivity index (χ1v) is 8.77. The lowest BCUT2D eigenvalue weighted by Gasteiger charge is -2.27. The van der Waals surface area contributed by atoms with Gasteiger partial charge in [0.25, 0.3) is 0 Å². The topological polar surface area (TPSA) is 63.4 Å². The molecule has 1 heterocycles. The molecular formula is C16H22N2O2S. The van der Waals surface area contributed by atoms with Crippen LogP contribution in [0.25, 0.3) is 0 Å². The molecule has 0 amide bonds. The van der Waals surface area contributed by atoms with Gasteiger partial charge in [0.15, 0.2) is 0 Å². The third kappa shape index (κ3) is 3.29. The molecule has 1 aliphatic rings. The number of hydrogen-bond donors (Lipinski definition) is 1. The van der Waals surface area contributed by atoms with E-state index >= 15 is 0 Å². The van der Waals surface area contributed by atoms with Gasteiger partial charge in [-0.05, 0) is 44.4 Å². The summed E-state index contributed by atoms with van der Waals surface area (Å²) < 4.78 is 27.5. The highest BCUT2D eigenvalue weighted by atomic mass is 32.2. The maximum absolute atomic E-state index is 12.9. The summed E-state index contributed by atoms with van der Waals surface area (Å²) >= 11 is 0. The fraction of sp³-hybridized carbons (Fsp3) is 0.500. The van der Waals surface area contributed by atoms with Crippen molar-refractivity contribution in [3.05, 3.63) is 29.8 Å². The number of hydrogen-bond acceptors (Lipinski definition) is 3. The van der Waals surface area contributed by atoms with Crippen LogP contribution < -0.4 is 5.73 Å². The fourth-order valence-electron chi connectivity index (χ4n) is 2.87. The first-order valence-electron chi connectivity index (χ1n) is 7.33. The van der Waals surface area contributed by atoms with Crippen LogP contribution >= 0.6 is 0 Å². The van der Waals surface area contributed by atoms with Gasteiger partial charge in [-0.1, -0.05) is 24.8 Å². The van der Waals surface area contributed by atoms with E-state index in [1.54, 1.807) is 28.6 Å². The van der Waals surface area contributed by atoms with E-state index in [1.165, 1.54) is 0 Å². The Morgan fingerprint density at radius 1 is 1.38 bits per heavy atom. The van der Waals surface area contributed by atoms with Crippen molar-refractivity contribution in [3.63, 3.8) is 0 Å². The van der Waals surface area contributed by atoms with E-state index in [0.717, 1.165) is 19.3 Å². The number of rotatable bonds is 3. The van der Waals surface area contributed by atoms with Gasteiger partial charge in [-0.25, -0.2) is 8.42 Å². The van der Waals surface area contributed by atoms with Gasteiger partial charge in [-0.15, -0.1) is 0 Å². The Kier molecular flexibility index (Phi) is 5.04. The molecule has 2 rings (SSSR count). The summed E-state index contributed by atoms with van der Waals surface area (Å²) in [6, 6.07) is 6.96. The summed E-state index contributed by atoms with van der Waals surface area (Å²) in [7, 11) is -3.46. The predicted octanol–water partition coefficient (Wildman–Crippen LogP) is 1.95. The number of nitrogens with zero attached hydrogens (tertiary/aromatic N) is 1. The second-order valence-corrected chi connectivity index (χ2v) is 7.20. The van der Waals surface area contributed by atoms with E-state index in [4.69, 9.17) is 5.73 Å². The summed E-state index contributed by atoms with van der Waals surface area (Å²) in [4.78, 5) is 0.318. The van der Waals surface area contributed by atoms with Gasteiger partial charge in [-0.2, -0.15) is 4.31 Å². The number of benzene rings is 1. The minimum absolute atomic E-state index is 0.0544. The summed E-state index contributed by atoms with van der Waals surface area (Å²) in [5.74, 6) is 5.64. The molecule has 114 valence electrons. The van der Waals surface area contributed by atoms with Crippen molar-refractivity contribution in [2.45, 2.75) is 50.1 Å². The first kappa shape index (κ1) is 16.0. The largest absolute Gasteiger partial charge is 0.320 e. The third-order valence-corrected chi connectivity index (χ3v) is 5.99. The van der Waals surface area contributed by atoms with Crippen LogP contribution in [0.2, 0.25) is 0 Å². The van der Waals surface area contributed by atoms with Gasteiger partial charge in [0, 0.05) is 17.6 Å². The van der Waals surface area contributed by atoms with E-state index in [9.17, 15) is 8.42 Å². The lowest BCUT2D eigenvalue weighted by atomic mass is 10.2. The van der Waals surface area contributed by atoms with E-state index in [2.05, 4.69) is 11.8 Å². The average Bonchev–Trinajstić information content (AvgIpc) is 2.87. The molecule has 0 spiro atoms. The molecule has 1 aromatic rings.